The molecule has 0 saturated heterocycles. The summed E-state index contributed by atoms with van der Waals surface area (Å²) in [6.07, 6.45) is 10.3. The Morgan fingerprint density at radius 1 is 1.06 bits per heavy atom. The van der Waals surface area contributed by atoms with Gasteiger partial charge in [-0.25, -0.2) is 4.79 Å². The maximum atomic E-state index is 12.8. The van der Waals surface area contributed by atoms with Gasteiger partial charge in [0.15, 0.2) is 0 Å². The lowest BCUT2D eigenvalue weighted by molar-refractivity contribution is -0.156. The highest BCUT2D eigenvalue weighted by Gasteiger charge is 2.68. The summed E-state index contributed by atoms with van der Waals surface area (Å²) in [4.78, 5) is 25.1. The average molecular weight is 469 g/mol. The fourth-order valence-corrected chi connectivity index (χ4v) is 9.68. The van der Waals surface area contributed by atoms with Crippen LogP contribution in [0.4, 0.5) is 0 Å². The second-order valence-corrected chi connectivity index (χ2v) is 13.6. The summed E-state index contributed by atoms with van der Waals surface area (Å²) >= 11 is 0. The Kier molecular flexibility index (Phi) is 5.39. The zero-order valence-electron chi connectivity index (χ0n) is 22.2. The van der Waals surface area contributed by atoms with Crippen LogP contribution in [-0.2, 0) is 14.3 Å². The van der Waals surface area contributed by atoms with Gasteiger partial charge in [-0.2, -0.15) is 0 Å². The molecule has 9 atom stereocenters. The molecule has 0 bridgehead atoms. The van der Waals surface area contributed by atoms with E-state index in [9.17, 15) is 14.7 Å². The van der Waals surface area contributed by atoms with Gasteiger partial charge in [0.05, 0.1) is 6.10 Å². The van der Waals surface area contributed by atoms with Crippen molar-refractivity contribution in [2.45, 2.75) is 106 Å². The van der Waals surface area contributed by atoms with E-state index in [0.717, 1.165) is 38.5 Å². The van der Waals surface area contributed by atoms with Crippen molar-refractivity contribution in [1.29, 1.82) is 0 Å². The molecule has 5 rings (SSSR count). The number of aliphatic hydroxyl groups is 1. The number of aliphatic hydroxyl groups excluding tert-OH is 1. The van der Waals surface area contributed by atoms with E-state index in [1.807, 2.05) is 13.0 Å². The van der Waals surface area contributed by atoms with Crippen molar-refractivity contribution in [3.8, 4) is 0 Å². The number of esters is 1. The predicted octanol–water partition coefficient (Wildman–Crippen LogP) is 6.03. The van der Waals surface area contributed by atoms with Gasteiger partial charge in [0.2, 0.25) is 0 Å². The highest BCUT2D eigenvalue weighted by molar-refractivity contribution is 5.88. The topological polar surface area (TPSA) is 63.6 Å². The molecule has 4 aliphatic carbocycles. The zero-order chi connectivity index (χ0) is 24.8. The lowest BCUT2D eigenvalue weighted by atomic mass is 9.41. The van der Waals surface area contributed by atoms with Crippen LogP contribution >= 0.6 is 0 Å². The Balaban J connectivity index is 1.51. The average Bonchev–Trinajstić information content (AvgIpc) is 3.06. The lowest BCUT2D eigenvalue weighted by Crippen LogP contribution is -2.60. The summed E-state index contributed by atoms with van der Waals surface area (Å²) in [7, 11) is 0. The molecule has 1 heterocycles. The standard InChI is InChI=1S/C30H44O4/c1-17-8-10-22(34-26(17)33)18(2)19-12-15-29(6)20-9-11-23-27(3,4)24(31)13-14-28(23,5)21(20)16-25(32)30(19,29)7/h8,16,18-20,22-23,25,32H,9-15H2,1-7H3. The molecule has 0 spiro atoms. The van der Waals surface area contributed by atoms with Gasteiger partial charge in [-0.15, -0.1) is 0 Å². The van der Waals surface area contributed by atoms with Gasteiger partial charge in [-0.1, -0.05) is 59.3 Å². The van der Waals surface area contributed by atoms with E-state index in [4.69, 9.17) is 4.74 Å². The van der Waals surface area contributed by atoms with Gasteiger partial charge < -0.3 is 9.84 Å². The van der Waals surface area contributed by atoms with Crippen LogP contribution in [0, 0.1) is 45.3 Å². The number of ether oxygens (including phenoxy) is 1. The Hall–Kier alpha value is -1.42. The second-order valence-electron chi connectivity index (χ2n) is 13.6. The van der Waals surface area contributed by atoms with Gasteiger partial charge in [-0.3, -0.25) is 4.79 Å². The van der Waals surface area contributed by atoms with Crippen LogP contribution in [-0.4, -0.2) is 29.1 Å². The van der Waals surface area contributed by atoms with Crippen molar-refractivity contribution in [2.24, 2.45) is 45.3 Å². The molecule has 3 fully saturated rings. The highest BCUT2D eigenvalue weighted by Crippen LogP contribution is 2.73. The molecule has 9 unspecified atom stereocenters. The van der Waals surface area contributed by atoms with Crippen molar-refractivity contribution >= 4 is 11.8 Å². The van der Waals surface area contributed by atoms with E-state index in [2.05, 4.69) is 47.6 Å². The molecule has 0 radical (unpaired) electrons. The van der Waals surface area contributed by atoms with E-state index in [0.29, 0.717) is 35.5 Å². The maximum Gasteiger partial charge on any atom is 0.333 e. The molecule has 1 aliphatic heterocycles. The SMILES string of the molecule is CC1=CCC(C(C)C2CCC3(C)C4CCC5C(C)(C)C(=O)CCC5(C)C4=CC(O)C23C)OC1=O. The molecule has 34 heavy (non-hydrogen) atoms. The molecule has 4 nitrogen and oxygen atoms in total. The van der Waals surface area contributed by atoms with Gasteiger partial charge >= 0.3 is 5.97 Å². The molecule has 0 aromatic carbocycles. The molecule has 0 aromatic heterocycles. The summed E-state index contributed by atoms with van der Waals surface area (Å²) in [6, 6.07) is 0. The molecule has 5 aliphatic rings. The monoisotopic (exact) mass is 468 g/mol. The first-order valence-corrected chi connectivity index (χ1v) is 13.6. The second kappa shape index (κ2) is 7.54. The third-order valence-corrected chi connectivity index (χ3v) is 12.2. The minimum absolute atomic E-state index is 0.000558. The largest absolute Gasteiger partial charge is 0.458 e. The van der Waals surface area contributed by atoms with Crippen LogP contribution in [0.1, 0.15) is 93.4 Å². The third-order valence-electron chi connectivity index (χ3n) is 12.2. The van der Waals surface area contributed by atoms with Crippen molar-refractivity contribution in [3.63, 3.8) is 0 Å². The van der Waals surface area contributed by atoms with E-state index in [1.54, 1.807) is 0 Å². The first kappa shape index (κ1) is 24.3. The summed E-state index contributed by atoms with van der Waals surface area (Å²) < 4.78 is 5.86. The Morgan fingerprint density at radius 3 is 2.44 bits per heavy atom. The Labute approximate surface area is 205 Å². The summed E-state index contributed by atoms with van der Waals surface area (Å²) in [5.74, 6) is 1.49. The van der Waals surface area contributed by atoms with Gasteiger partial charge in [0.25, 0.3) is 0 Å². The molecule has 0 amide bonds. The fraction of sp³-hybridized carbons (Fsp3) is 0.800. The first-order valence-electron chi connectivity index (χ1n) is 13.6. The third kappa shape index (κ3) is 2.93. The van der Waals surface area contributed by atoms with Gasteiger partial charge in [0, 0.05) is 29.2 Å². The van der Waals surface area contributed by atoms with Crippen LogP contribution in [0.15, 0.2) is 23.3 Å². The van der Waals surface area contributed by atoms with Gasteiger partial charge in [0.1, 0.15) is 11.9 Å². The lowest BCUT2D eigenvalue weighted by Gasteiger charge is -2.64. The number of allylic oxidation sites excluding steroid dienone is 1. The number of fused-ring (bicyclic) bond motifs is 5. The number of ketones is 1. The number of carbonyl (C=O) groups is 2. The quantitative estimate of drug-likeness (QED) is 0.397. The maximum absolute atomic E-state index is 12.8. The predicted molar refractivity (Wildman–Crippen MR) is 133 cm³/mol. The molecule has 4 heteroatoms. The summed E-state index contributed by atoms with van der Waals surface area (Å²) in [6.45, 7) is 15.5. The van der Waals surface area contributed by atoms with Crippen LogP contribution < -0.4 is 0 Å². The number of cyclic esters (lactones) is 1. The minimum atomic E-state index is -0.522. The molecular formula is C30H44O4. The first-order chi connectivity index (χ1) is 15.8. The number of hydrogen-bond acceptors (Lipinski definition) is 4. The zero-order valence-corrected chi connectivity index (χ0v) is 22.2. The van der Waals surface area contributed by atoms with E-state index in [-0.39, 0.29) is 39.7 Å². The highest BCUT2D eigenvalue weighted by atomic mass is 16.5. The van der Waals surface area contributed by atoms with Gasteiger partial charge in [-0.05, 0) is 73.5 Å². The van der Waals surface area contributed by atoms with Crippen molar-refractivity contribution in [2.75, 3.05) is 0 Å². The van der Waals surface area contributed by atoms with Crippen LogP contribution in [0.2, 0.25) is 0 Å². The number of rotatable bonds is 2. The number of hydrogen-bond donors (Lipinski definition) is 1. The van der Waals surface area contributed by atoms with Crippen LogP contribution in [0.25, 0.3) is 0 Å². The normalized spacial score (nSPS) is 48.6. The molecular weight excluding hydrogens is 424 g/mol. The number of carbonyl (C=O) groups excluding carboxylic acids is 2. The van der Waals surface area contributed by atoms with Crippen LogP contribution in [0.5, 0.6) is 0 Å². The summed E-state index contributed by atoms with van der Waals surface area (Å²) in [5.41, 5.74) is 1.57. The van der Waals surface area contributed by atoms with Crippen LogP contribution in [0.3, 0.4) is 0 Å². The van der Waals surface area contributed by atoms with E-state index >= 15 is 0 Å². The minimum Gasteiger partial charge on any atom is -0.458 e. The Bertz CT molecular complexity index is 974. The van der Waals surface area contributed by atoms with E-state index < -0.39 is 6.10 Å². The molecule has 1 N–H and O–H groups in total. The van der Waals surface area contributed by atoms with Crippen molar-refractivity contribution in [3.05, 3.63) is 23.3 Å². The Morgan fingerprint density at radius 2 is 1.76 bits per heavy atom. The smallest absolute Gasteiger partial charge is 0.333 e. The van der Waals surface area contributed by atoms with Crippen molar-refractivity contribution in [1.82, 2.24) is 0 Å². The van der Waals surface area contributed by atoms with E-state index in [1.165, 1.54) is 5.57 Å². The fourth-order valence-electron chi connectivity index (χ4n) is 9.68. The molecule has 188 valence electrons. The van der Waals surface area contributed by atoms with Crippen molar-refractivity contribution < 1.29 is 19.4 Å². The molecule has 0 aromatic rings. The number of Topliss-reactive ketones (excluding diaryl/α,β-unsaturated/α-hetero) is 1. The molecule has 3 saturated carbocycles. The summed E-state index contributed by atoms with van der Waals surface area (Å²) in [5, 5.41) is 11.9.